The van der Waals surface area contributed by atoms with E-state index in [9.17, 15) is 0 Å². The average Bonchev–Trinajstić information content (AvgIpc) is 3.80. The Bertz CT molecular complexity index is 3140. The third-order valence-electron chi connectivity index (χ3n) is 12.3. The van der Waals surface area contributed by atoms with Crippen LogP contribution in [0.1, 0.15) is 25.0 Å². The molecule has 0 fully saturated rings. The van der Waals surface area contributed by atoms with Gasteiger partial charge >= 0.3 is 0 Å². The molecule has 10 aromatic rings. The molecule has 59 heavy (non-hydrogen) atoms. The van der Waals surface area contributed by atoms with Gasteiger partial charge in [0.15, 0.2) is 5.58 Å². The molecule has 0 saturated carbocycles. The van der Waals surface area contributed by atoms with Crippen LogP contribution in [0.5, 0.6) is 0 Å². The smallest absolute Gasteiger partial charge is 0.159 e. The molecule has 1 heterocycles. The van der Waals surface area contributed by atoms with Crippen molar-refractivity contribution in [1.82, 2.24) is 0 Å². The van der Waals surface area contributed by atoms with Gasteiger partial charge in [0.2, 0.25) is 0 Å². The molecule has 2 heteroatoms. The Morgan fingerprint density at radius 3 is 1.42 bits per heavy atom. The fourth-order valence-corrected chi connectivity index (χ4v) is 9.25. The van der Waals surface area contributed by atoms with Gasteiger partial charge in [-0.3, -0.25) is 0 Å². The standard InChI is InChI=1S/C57H41NO/c1-57(2)52-34-30-44(39-16-8-4-9-17-39)36-50(52)51-37-46(33-35-53(51)57)58(45-31-28-42(29-32-45)41-26-24-40(25-27-41)38-14-6-3-7-15-38)54-23-13-22-49-48-21-12-20-47(55(48)59-56(49)54)43-18-10-5-11-19-43/h3-37H,1-2H3. The molecule has 0 amide bonds. The molecule has 0 saturated heterocycles. The van der Waals surface area contributed by atoms with Gasteiger partial charge in [-0.25, -0.2) is 0 Å². The molecule has 11 rings (SSSR count). The van der Waals surface area contributed by atoms with E-state index >= 15 is 0 Å². The minimum Gasteiger partial charge on any atom is -0.453 e. The van der Waals surface area contributed by atoms with Crippen LogP contribution < -0.4 is 4.90 Å². The summed E-state index contributed by atoms with van der Waals surface area (Å²) in [7, 11) is 0. The van der Waals surface area contributed by atoms with E-state index in [2.05, 4.69) is 231 Å². The van der Waals surface area contributed by atoms with Crippen molar-refractivity contribution >= 4 is 39.0 Å². The monoisotopic (exact) mass is 755 g/mol. The number of hydrogen-bond acceptors (Lipinski definition) is 2. The van der Waals surface area contributed by atoms with Crippen LogP contribution >= 0.6 is 0 Å². The van der Waals surface area contributed by atoms with Crippen LogP contribution in [0.25, 0.3) is 77.6 Å². The highest BCUT2D eigenvalue weighted by Crippen LogP contribution is 2.52. The average molecular weight is 756 g/mol. The molecule has 1 aliphatic rings. The highest BCUT2D eigenvalue weighted by atomic mass is 16.3. The topological polar surface area (TPSA) is 16.4 Å². The minimum atomic E-state index is -0.131. The van der Waals surface area contributed by atoms with Gasteiger partial charge in [-0.2, -0.15) is 0 Å². The fourth-order valence-electron chi connectivity index (χ4n) is 9.25. The number of para-hydroxylation sites is 2. The first kappa shape index (κ1) is 34.8. The van der Waals surface area contributed by atoms with E-state index < -0.39 is 0 Å². The van der Waals surface area contributed by atoms with Gasteiger partial charge in [-0.15, -0.1) is 0 Å². The lowest BCUT2D eigenvalue weighted by molar-refractivity contribution is 0.660. The molecule has 0 N–H and O–H groups in total. The van der Waals surface area contributed by atoms with Gasteiger partial charge in [-0.05, 0) is 97.6 Å². The van der Waals surface area contributed by atoms with Crippen molar-refractivity contribution in [2.24, 2.45) is 0 Å². The van der Waals surface area contributed by atoms with Crippen LogP contribution in [0.3, 0.4) is 0 Å². The quantitative estimate of drug-likeness (QED) is 0.161. The molecule has 1 aliphatic carbocycles. The number of anilines is 3. The van der Waals surface area contributed by atoms with E-state index in [0.717, 1.165) is 50.1 Å². The summed E-state index contributed by atoms with van der Waals surface area (Å²) in [6.45, 7) is 4.70. The van der Waals surface area contributed by atoms with Gasteiger partial charge in [-0.1, -0.05) is 190 Å². The zero-order valence-electron chi connectivity index (χ0n) is 33.1. The maximum atomic E-state index is 7.04. The van der Waals surface area contributed by atoms with Crippen molar-refractivity contribution in [3.8, 4) is 55.6 Å². The second kappa shape index (κ2) is 13.9. The predicted octanol–water partition coefficient (Wildman–Crippen LogP) is 16.0. The molecule has 0 unspecified atom stereocenters. The van der Waals surface area contributed by atoms with E-state index in [1.54, 1.807) is 0 Å². The molecule has 0 spiro atoms. The summed E-state index contributed by atoms with van der Waals surface area (Å²) in [5, 5.41) is 2.20. The van der Waals surface area contributed by atoms with Crippen molar-refractivity contribution in [2.45, 2.75) is 19.3 Å². The first-order valence-electron chi connectivity index (χ1n) is 20.4. The van der Waals surface area contributed by atoms with Crippen LogP contribution in [0, 0.1) is 0 Å². The summed E-state index contributed by atoms with van der Waals surface area (Å²) < 4.78 is 7.04. The largest absolute Gasteiger partial charge is 0.453 e. The van der Waals surface area contributed by atoms with Crippen molar-refractivity contribution < 1.29 is 4.42 Å². The lowest BCUT2D eigenvalue weighted by Gasteiger charge is -2.27. The molecule has 9 aromatic carbocycles. The summed E-state index contributed by atoms with van der Waals surface area (Å²) in [6, 6.07) is 76.6. The third kappa shape index (κ3) is 5.87. The molecule has 0 radical (unpaired) electrons. The van der Waals surface area contributed by atoms with Crippen molar-refractivity contribution in [3.05, 3.63) is 223 Å². The van der Waals surface area contributed by atoms with Gasteiger partial charge in [0.05, 0.1) is 5.69 Å². The molecular formula is C57H41NO. The summed E-state index contributed by atoms with van der Waals surface area (Å²) >= 11 is 0. The summed E-state index contributed by atoms with van der Waals surface area (Å²) in [5.41, 5.74) is 19.5. The first-order valence-corrected chi connectivity index (χ1v) is 20.4. The molecule has 2 nitrogen and oxygen atoms in total. The second-order valence-electron chi connectivity index (χ2n) is 16.1. The highest BCUT2D eigenvalue weighted by Gasteiger charge is 2.36. The molecule has 0 bridgehead atoms. The van der Waals surface area contributed by atoms with E-state index in [1.165, 1.54) is 55.6 Å². The zero-order chi connectivity index (χ0) is 39.5. The highest BCUT2D eigenvalue weighted by molar-refractivity contribution is 6.13. The SMILES string of the molecule is CC1(C)c2ccc(-c3ccccc3)cc2-c2cc(N(c3ccc(-c4ccc(-c5ccccc5)cc4)cc3)c3cccc4c3oc3c(-c5ccccc5)cccc34)ccc21. The number of fused-ring (bicyclic) bond motifs is 6. The third-order valence-corrected chi connectivity index (χ3v) is 12.3. The Labute approximate surface area is 345 Å². The van der Waals surface area contributed by atoms with Crippen molar-refractivity contribution in [1.29, 1.82) is 0 Å². The number of benzene rings is 9. The van der Waals surface area contributed by atoms with Gasteiger partial charge in [0.25, 0.3) is 0 Å². The lowest BCUT2D eigenvalue weighted by Crippen LogP contribution is -2.15. The Morgan fingerprint density at radius 1 is 0.339 bits per heavy atom. The maximum Gasteiger partial charge on any atom is 0.159 e. The zero-order valence-corrected chi connectivity index (χ0v) is 33.1. The first-order chi connectivity index (χ1) is 29.0. The van der Waals surface area contributed by atoms with E-state index in [0.29, 0.717) is 0 Å². The predicted molar refractivity (Wildman–Crippen MR) is 248 cm³/mol. The van der Waals surface area contributed by atoms with Crippen molar-refractivity contribution in [3.63, 3.8) is 0 Å². The Balaban J connectivity index is 1.08. The molecule has 0 atom stereocenters. The van der Waals surface area contributed by atoms with E-state index in [4.69, 9.17) is 4.42 Å². The summed E-state index contributed by atoms with van der Waals surface area (Å²) in [5.74, 6) is 0. The number of rotatable bonds is 7. The van der Waals surface area contributed by atoms with Crippen LogP contribution in [0.15, 0.2) is 217 Å². The summed E-state index contributed by atoms with van der Waals surface area (Å²) in [6.07, 6.45) is 0. The maximum absolute atomic E-state index is 7.04. The molecular weight excluding hydrogens is 715 g/mol. The van der Waals surface area contributed by atoms with Crippen LogP contribution in [-0.2, 0) is 5.41 Å². The van der Waals surface area contributed by atoms with Crippen LogP contribution in [0.4, 0.5) is 17.1 Å². The lowest BCUT2D eigenvalue weighted by atomic mass is 9.82. The Hall–Kier alpha value is -7.42. The number of nitrogens with zero attached hydrogens (tertiary/aromatic N) is 1. The van der Waals surface area contributed by atoms with Crippen molar-refractivity contribution in [2.75, 3.05) is 4.90 Å². The Morgan fingerprint density at radius 2 is 0.797 bits per heavy atom. The van der Waals surface area contributed by atoms with Crippen LogP contribution in [0.2, 0.25) is 0 Å². The Kier molecular flexibility index (Phi) is 8.20. The van der Waals surface area contributed by atoms with Crippen LogP contribution in [-0.4, -0.2) is 0 Å². The number of hydrogen-bond donors (Lipinski definition) is 0. The minimum absolute atomic E-state index is 0.131. The summed E-state index contributed by atoms with van der Waals surface area (Å²) in [4.78, 5) is 2.38. The van der Waals surface area contributed by atoms with Gasteiger partial charge in [0, 0.05) is 33.1 Å². The molecule has 0 aliphatic heterocycles. The second-order valence-corrected chi connectivity index (χ2v) is 16.1. The van der Waals surface area contributed by atoms with Gasteiger partial charge < -0.3 is 9.32 Å². The van der Waals surface area contributed by atoms with E-state index in [1.807, 2.05) is 0 Å². The normalized spacial score (nSPS) is 12.7. The fraction of sp³-hybridized carbons (Fsp3) is 0.0526. The van der Waals surface area contributed by atoms with Gasteiger partial charge in [0.1, 0.15) is 5.58 Å². The molecule has 1 aromatic heterocycles. The van der Waals surface area contributed by atoms with E-state index in [-0.39, 0.29) is 5.41 Å². The molecule has 280 valence electrons. The number of furan rings is 1.